The number of aromatic nitrogens is 5. The molecule has 8 heteroatoms. The minimum Gasteiger partial charge on any atom is -0.481 e. The second-order valence-electron chi connectivity index (χ2n) is 4.60. The van der Waals surface area contributed by atoms with Crippen molar-refractivity contribution in [2.24, 2.45) is 5.41 Å². The second-order valence-corrected chi connectivity index (χ2v) is 4.60. The Morgan fingerprint density at radius 1 is 1.53 bits per heavy atom. The molecule has 0 amide bonds. The maximum Gasteiger partial charge on any atom is 0.311 e. The highest BCUT2D eigenvalue weighted by molar-refractivity contribution is 5.77. The summed E-state index contributed by atoms with van der Waals surface area (Å²) in [6.07, 6.45) is 3.67. The van der Waals surface area contributed by atoms with E-state index in [2.05, 4.69) is 20.5 Å². The molecule has 2 aromatic heterocycles. The van der Waals surface area contributed by atoms with Crippen molar-refractivity contribution in [3.05, 3.63) is 24.3 Å². The molecule has 0 aliphatic heterocycles. The van der Waals surface area contributed by atoms with Crippen LogP contribution in [-0.4, -0.2) is 36.3 Å². The maximum atomic E-state index is 13.7. The standard InChI is InChI=1S/C11H10FN5O2/c12-8-5-13-4-1-7(8)9-14-15-16-17(9)6-11(2-3-11)10(18)19/h1,4-5H,2-3,6H2,(H,18,19). The van der Waals surface area contributed by atoms with E-state index in [0.29, 0.717) is 12.8 Å². The number of carboxylic acid groups (broad SMARTS) is 1. The molecule has 0 saturated heterocycles. The van der Waals surface area contributed by atoms with E-state index >= 15 is 0 Å². The maximum absolute atomic E-state index is 13.7. The summed E-state index contributed by atoms with van der Waals surface area (Å²) in [6, 6.07) is 1.46. The normalized spacial score (nSPS) is 16.3. The number of pyridine rings is 1. The summed E-state index contributed by atoms with van der Waals surface area (Å²) in [5.74, 6) is -1.20. The number of rotatable bonds is 4. The van der Waals surface area contributed by atoms with E-state index in [1.165, 1.54) is 16.9 Å². The summed E-state index contributed by atoms with van der Waals surface area (Å²) in [5, 5.41) is 20.2. The Balaban J connectivity index is 1.96. The molecule has 0 radical (unpaired) electrons. The molecule has 0 aromatic carbocycles. The van der Waals surface area contributed by atoms with Crippen LogP contribution in [0.4, 0.5) is 4.39 Å². The van der Waals surface area contributed by atoms with Crippen molar-refractivity contribution < 1.29 is 14.3 Å². The van der Waals surface area contributed by atoms with Gasteiger partial charge in [-0.1, -0.05) is 0 Å². The molecule has 0 atom stereocenters. The average Bonchev–Trinajstić information content (AvgIpc) is 3.03. The lowest BCUT2D eigenvalue weighted by Gasteiger charge is -2.10. The highest BCUT2D eigenvalue weighted by Gasteiger charge is 2.51. The van der Waals surface area contributed by atoms with E-state index in [4.69, 9.17) is 5.11 Å². The van der Waals surface area contributed by atoms with Crippen LogP contribution in [0.15, 0.2) is 18.5 Å². The van der Waals surface area contributed by atoms with Crippen LogP contribution in [0.25, 0.3) is 11.4 Å². The molecule has 2 aromatic rings. The predicted molar refractivity (Wildman–Crippen MR) is 60.3 cm³/mol. The van der Waals surface area contributed by atoms with E-state index < -0.39 is 17.2 Å². The van der Waals surface area contributed by atoms with E-state index in [0.717, 1.165) is 6.20 Å². The van der Waals surface area contributed by atoms with Gasteiger partial charge in [-0.05, 0) is 29.3 Å². The first kappa shape index (κ1) is 11.7. The van der Waals surface area contributed by atoms with Gasteiger partial charge in [-0.15, -0.1) is 5.10 Å². The number of hydrogen-bond donors (Lipinski definition) is 1. The van der Waals surface area contributed by atoms with Gasteiger partial charge in [0, 0.05) is 6.20 Å². The van der Waals surface area contributed by atoms with Gasteiger partial charge in [-0.3, -0.25) is 9.78 Å². The van der Waals surface area contributed by atoms with Gasteiger partial charge in [-0.25, -0.2) is 9.07 Å². The van der Waals surface area contributed by atoms with Crippen LogP contribution in [0.2, 0.25) is 0 Å². The molecule has 1 saturated carbocycles. The number of hydrogen-bond acceptors (Lipinski definition) is 5. The number of carboxylic acids is 1. The molecule has 2 heterocycles. The first-order valence-corrected chi connectivity index (χ1v) is 5.72. The molecule has 7 nitrogen and oxygen atoms in total. The SMILES string of the molecule is O=C(O)C1(Cn2nnnc2-c2ccncc2F)CC1. The van der Waals surface area contributed by atoms with Crippen molar-refractivity contribution in [3.8, 4) is 11.4 Å². The third-order valence-electron chi connectivity index (χ3n) is 3.30. The lowest BCUT2D eigenvalue weighted by Crippen LogP contribution is -2.22. The number of nitrogens with zero attached hydrogens (tertiary/aromatic N) is 5. The van der Waals surface area contributed by atoms with Crippen LogP contribution in [0.3, 0.4) is 0 Å². The van der Waals surface area contributed by atoms with Gasteiger partial charge in [0.1, 0.15) is 0 Å². The average molecular weight is 263 g/mol. The van der Waals surface area contributed by atoms with Gasteiger partial charge in [0.2, 0.25) is 0 Å². The molecule has 0 spiro atoms. The Morgan fingerprint density at radius 2 is 2.32 bits per heavy atom. The Bertz CT molecular complexity index is 638. The largest absolute Gasteiger partial charge is 0.481 e. The zero-order chi connectivity index (χ0) is 13.5. The molecule has 1 fully saturated rings. The molecule has 1 N–H and O–H groups in total. The van der Waals surface area contributed by atoms with Gasteiger partial charge < -0.3 is 5.11 Å². The molecule has 19 heavy (non-hydrogen) atoms. The van der Waals surface area contributed by atoms with Crippen LogP contribution >= 0.6 is 0 Å². The van der Waals surface area contributed by atoms with Crippen LogP contribution < -0.4 is 0 Å². The van der Waals surface area contributed by atoms with Crippen molar-refractivity contribution in [3.63, 3.8) is 0 Å². The van der Waals surface area contributed by atoms with E-state index in [-0.39, 0.29) is 17.9 Å². The van der Waals surface area contributed by atoms with Crippen LogP contribution in [-0.2, 0) is 11.3 Å². The topological polar surface area (TPSA) is 93.8 Å². The molecular formula is C11H10FN5O2. The zero-order valence-corrected chi connectivity index (χ0v) is 9.82. The highest BCUT2D eigenvalue weighted by Crippen LogP contribution is 2.47. The Hall–Kier alpha value is -2.38. The van der Waals surface area contributed by atoms with Crippen molar-refractivity contribution in [1.29, 1.82) is 0 Å². The zero-order valence-electron chi connectivity index (χ0n) is 9.82. The predicted octanol–water partition coefficient (Wildman–Crippen LogP) is 0.739. The third kappa shape index (κ3) is 1.94. The first-order valence-electron chi connectivity index (χ1n) is 5.72. The number of carbonyl (C=O) groups is 1. The fourth-order valence-electron chi connectivity index (χ4n) is 1.94. The van der Waals surface area contributed by atoms with Gasteiger partial charge in [0.25, 0.3) is 0 Å². The van der Waals surface area contributed by atoms with Crippen molar-refractivity contribution >= 4 is 5.97 Å². The molecule has 0 unspecified atom stereocenters. The summed E-state index contributed by atoms with van der Waals surface area (Å²) >= 11 is 0. The minimum atomic E-state index is -0.871. The lowest BCUT2D eigenvalue weighted by atomic mass is 10.1. The second kappa shape index (κ2) is 4.08. The molecular weight excluding hydrogens is 253 g/mol. The molecule has 98 valence electrons. The first-order chi connectivity index (χ1) is 9.12. The van der Waals surface area contributed by atoms with Gasteiger partial charge in [0.05, 0.1) is 23.7 Å². The monoisotopic (exact) mass is 263 g/mol. The smallest absolute Gasteiger partial charge is 0.311 e. The molecule has 0 bridgehead atoms. The Morgan fingerprint density at radius 3 is 2.95 bits per heavy atom. The van der Waals surface area contributed by atoms with Gasteiger partial charge >= 0.3 is 5.97 Å². The van der Waals surface area contributed by atoms with Gasteiger partial charge in [0.15, 0.2) is 11.6 Å². The summed E-state index contributed by atoms with van der Waals surface area (Å²) in [5.41, 5.74) is -0.602. The van der Waals surface area contributed by atoms with Crippen LogP contribution in [0.5, 0.6) is 0 Å². The van der Waals surface area contributed by atoms with Crippen LogP contribution in [0, 0.1) is 11.2 Å². The highest BCUT2D eigenvalue weighted by atomic mass is 19.1. The van der Waals surface area contributed by atoms with Crippen molar-refractivity contribution in [1.82, 2.24) is 25.2 Å². The van der Waals surface area contributed by atoms with Crippen molar-refractivity contribution in [2.45, 2.75) is 19.4 Å². The van der Waals surface area contributed by atoms with E-state index in [1.54, 1.807) is 0 Å². The van der Waals surface area contributed by atoms with Gasteiger partial charge in [-0.2, -0.15) is 0 Å². The molecule has 3 rings (SSSR count). The summed E-state index contributed by atoms with van der Waals surface area (Å²) in [4.78, 5) is 14.8. The minimum absolute atomic E-state index is 0.145. The fraction of sp³-hybridized carbons (Fsp3) is 0.364. The number of tetrazole rings is 1. The summed E-state index contributed by atoms with van der Waals surface area (Å²) in [7, 11) is 0. The quantitative estimate of drug-likeness (QED) is 0.874. The fourth-order valence-corrected chi connectivity index (χ4v) is 1.94. The molecule has 1 aliphatic rings. The number of halogens is 1. The van der Waals surface area contributed by atoms with E-state index in [1.807, 2.05) is 0 Å². The van der Waals surface area contributed by atoms with Crippen molar-refractivity contribution in [2.75, 3.05) is 0 Å². The molecule has 1 aliphatic carbocycles. The Labute approximate surface area is 107 Å². The van der Waals surface area contributed by atoms with Crippen LogP contribution in [0.1, 0.15) is 12.8 Å². The lowest BCUT2D eigenvalue weighted by molar-refractivity contribution is -0.144. The third-order valence-corrected chi connectivity index (χ3v) is 3.30. The summed E-state index contributed by atoms with van der Waals surface area (Å²) < 4.78 is 15.0. The Kier molecular flexibility index (Phi) is 2.51. The summed E-state index contributed by atoms with van der Waals surface area (Å²) in [6.45, 7) is 0.145. The van der Waals surface area contributed by atoms with E-state index in [9.17, 15) is 9.18 Å². The number of aliphatic carboxylic acids is 1.